The van der Waals surface area contributed by atoms with Gasteiger partial charge < -0.3 is 19.3 Å². The van der Waals surface area contributed by atoms with Crippen molar-refractivity contribution in [1.82, 2.24) is 0 Å². The van der Waals surface area contributed by atoms with E-state index in [0.717, 1.165) is 0 Å². The third-order valence-electron chi connectivity index (χ3n) is 4.23. The summed E-state index contributed by atoms with van der Waals surface area (Å²) in [5.41, 5.74) is -0.174. The number of phenolic OH excluding ortho intramolecular Hbond substituents is 1. The number of methoxy groups -OCH3 is 2. The van der Waals surface area contributed by atoms with E-state index in [-0.39, 0.29) is 35.0 Å². The zero-order chi connectivity index (χ0) is 17.4. The third kappa shape index (κ3) is 2.51. The summed E-state index contributed by atoms with van der Waals surface area (Å²) in [6.07, 6.45) is 0.949. The summed E-state index contributed by atoms with van der Waals surface area (Å²) < 4.78 is 15.7. The summed E-state index contributed by atoms with van der Waals surface area (Å²) in [6, 6.07) is 2.68. The Morgan fingerprint density at radius 2 is 1.92 bits per heavy atom. The van der Waals surface area contributed by atoms with Gasteiger partial charge in [-0.1, -0.05) is 0 Å². The fourth-order valence-electron chi connectivity index (χ4n) is 2.99. The lowest BCUT2D eigenvalue weighted by molar-refractivity contribution is -0.127. The van der Waals surface area contributed by atoms with Gasteiger partial charge in [0.05, 0.1) is 14.2 Å². The number of carbonyl (C=O) groups excluding carboxylic acids is 3. The van der Waals surface area contributed by atoms with Crippen LogP contribution < -0.4 is 9.47 Å². The molecule has 1 aliphatic heterocycles. The fraction of sp³-hybridized carbons (Fsp3) is 0.353. The monoisotopic (exact) mass is 332 g/mol. The van der Waals surface area contributed by atoms with Crippen LogP contribution in [-0.4, -0.2) is 42.8 Å². The first-order valence-corrected chi connectivity index (χ1v) is 7.39. The van der Waals surface area contributed by atoms with Gasteiger partial charge in [0.15, 0.2) is 17.6 Å². The molecule has 0 saturated heterocycles. The number of phenols is 1. The van der Waals surface area contributed by atoms with E-state index < -0.39 is 23.6 Å². The van der Waals surface area contributed by atoms with E-state index in [1.54, 1.807) is 6.08 Å². The van der Waals surface area contributed by atoms with Crippen LogP contribution >= 0.6 is 0 Å². The first-order valence-electron chi connectivity index (χ1n) is 7.39. The Hall–Kier alpha value is -2.83. The molecule has 1 N–H and O–H groups in total. The summed E-state index contributed by atoms with van der Waals surface area (Å²) in [7, 11) is 2.81. The first-order chi connectivity index (χ1) is 11.5. The molecule has 0 spiro atoms. The smallest absolute Gasteiger partial charge is 0.244 e. The zero-order valence-corrected chi connectivity index (χ0v) is 13.2. The van der Waals surface area contributed by atoms with Gasteiger partial charge in [0, 0.05) is 24.5 Å². The van der Waals surface area contributed by atoms with Crippen LogP contribution in [0.4, 0.5) is 0 Å². The van der Waals surface area contributed by atoms with E-state index in [0.29, 0.717) is 12.2 Å². The SMILES string of the molecule is COC1=CCC(C2Oc3cc(OC)cc(O)c3C(=O)C2=O)CC1=O. The van der Waals surface area contributed by atoms with Crippen LogP contribution in [0.3, 0.4) is 0 Å². The van der Waals surface area contributed by atoms with Gasteiger partial charge in [-0.05, 0) is 12.5 Å². The molecule has 1 heterocycles. The molecule has 1 aliphatic carbocycles. The maximum atomic E-state index is 12.4. The number of carbonyl (C=O) groups is 3. The molecule has 2 aliphatic rings. The molecule has 0 fully saturated rings. The van der Waals surface area contributed by atoms with Crippen LogP contribution in [0.2, 0.25) is 0 Å². The van der Waals surface area contributed by atoms with Crippen LogP contribution in [0, 0.1) is 5.92 Å². The Morgan fingerprint density at radius 3 is 2.54 bits per heavy atom. The van der Waals surface area contributed by atoms with E-state index in [4.69, 9.17) is 14.2 Å². The van der Waals surface area contributed by atoms with Gasteiger partial charge >= 0.3 is 0 Å². The molecule has 0 saturated carbocycles. The van der Waals surface area contributed by atoms with Gasteiger partial charge in [-0.3, -0.25) is 14.4 Å². The number of ketones is 3. The van der Waals surface area contributed by atoms with Crippen LogP contribution in [-0.2, 0) is 14.3 Å². The van der Waals surface area contributed by atoms with Gasteiger partial charge in [-0.25, -0.2) is 0 Å². The number of benzene rings is 1. The summed E-state index contributed by atoms with van der Waals surface area (Å²) in [6.45, 7) is 0. The average molecular weight is 332 g/mol. The second kappa shape index (κ2) is 5.99. The van der Waals surface area contributed by atoms with Crippen molar-refractivity contribution in [1.29, 1.82) is 0 Å². The summed E-state index contributed by atoms with van der Waals surface area (Å²) in [5, 5.41) is 9.95. The Morgan fingerprint density at radius 1 is 1.17 bits per heavy atom. The van der Waals surface area contributed by atoms with Crippen LogP contribution in [0.15, 0.2) is 24.0 Å². The predicted octanol–water partition coefficient (Wildman–Crippen LogP) is 1.42. The molecule has 2 atom stereocenters. The molecule has 0 bridgehead atoms. The highest BCUT2D eigenvalue weighted by Gasteiger charge is 2.43. The lowest BCUT2D eigenvalue weighted by atomic mass is 9.83. The van der Waals surface area contributed by atoms with E-state index in [1.165, 1.54) is 26.4 Å². The number of rotatable bonds is 3. The van der Waals surface area contributed by atoms with Crippen molar-refractivity contribution < 1.29 is 33.7 Å². The Bertz CT molecular complexity index is 762. The molecule has 2 unspecified atom stereocenters. The molecule has 3 rings (SSSR count). The quantitative estimate of drug-likeness (QED) is 0.836. The van der Waals surface area contributed by atoms with Gasteiger partial charge in [-0.2, -0.15) is 0 Å². The van der Waals surface area contributed by atoms with E-state index in [1.807, 2.05) is 0 Å². The number of fused-ring (bicyclic) bond motifs is 1. The number of ether oxygens (including phenoxy) is 3. The zero-order valence-electron chi connectivity index (χ0n) is 13.2. The number of aromatic hydroxyl groups is 1. The van der Waals surface area contributed by atoms with Gasteiger partial charge in [-0.15, -0.1) is 0 Å². The maximum Gasteiger partial charge on any atom is 0.244 e. The maximum absolute atomic E-state index is 12.4. The number of hydrogen-bond acceptors (Lipinski definition) is 7. The minimum atomic E-state index is -1.07. The van der Waals surface area contributed by atoms with Crippen LogP contribution in [0.1, 0.15) is 23.2 Å². The largest absolute Gasteiger partial charge is 0.507 e. The fourth-order valence-corrected chi connectivity index (χ4v) is 2.99. The van der Waals surface area contributed by atoms with Crippen LogP contribution in [0.5, 0.6) is 17.2 Å². The van der Waals surface area contributed by atoms with Crippen molar-refractivity contribution in [3.8, 4) is 17.2 Å². The standard InChI is InChI=1S/C17H16O7/c1-22-9-6-11(19)14-13(7-9)24-17(16(21)15(14)20)8-3-4-12(23-2)10(18)5-8/h4,6-8,17,19H,3,5H2,1-2H3. The molecule has 0 aromatic heterocycles. The summed E-state index contributed by atoms with van der Waals surface area (Å²) in [5.74, 6) is -2.04. The number of Topliss-reactive ketones (excluding diaryl/α,β-unsaturated/α-hetero) is 3. The minimum absolute atomic E-state index is 0.0502. The second-order valence-corrected chi connectivity index (χ2v) is 5.65. The van der Waals surface area contributed by atoms with Crippen molar-refractivity contribution in [3.05, 3.63) is 29.5 Å². The van der Waals surface area contributed by atoms with Gasteiger partial charge in [0.25, 0.3) is 0 Å². The third-order valence-corrected chi connectivity index (χ3v) is 4.23. The van der Waals surface area contributed by atoms with Gasteiger partial charge in [0.2, 0.25) is 11.6 Å². The number of hydrogen-bond donors (Lipinski definition) is 1. The van der Waals surface area contributed by atoms with Crippen molar-refractivity contribution >= 4 is 17.3 Å². The molecule has 1 aromatic carbocycles. The molecular weight excluding hydrogens is 316 g/mol. The van der Waals surface area contributed by atoms with Crippen LogP contribution in [0.25, 0.3) is 0 Å². The molecule has 7 heteroatoms. The van der Waals surface area contributed by atoms with Crippen molar-refractivity contribution in [3.63, 3.8) is 0 Å². The predicted molar refractivity (Wildman–Crippen MR) is 81.2 cm³/mol. The molecule has 1 aromatic rings. The molecule has 0 radical (unpaired) electrons. The molecule has 0 amide bonds. The average Bonchev–Trinajstić information content (AvgIpc) is 2.57. The van der Waals surface area contributed by atoms with Crippen molar-refractivity contribution in [2.75, 3.05) is 14.2 Å². The minimum Gasteiger partial charge on any atom is -0.507 e. The normalized spacial score (nSPS) is 23.2. The molecule has 24 heavy (non-hydrogen) atoms. The first kappa shape index (κ1) is 16.0. The topological polar surface area (TPSA) is 99.1 Å². The number of allylic oxidation sites excluding steroid dienone is 2. The lowest BCUT2D eigenvalue weighted by Gasteiger charge is -2.31. The highest BCUT2D eigenvalue weighted by atomic mass is 16.5. The molecule has 7 nitrogen and oxygen atoms in total. The van der Waals surface area contributed by atoms with Crippen molar-refractivity contribution in [2.45, 2.75) is 18.9 Å². The summed E-state index contributed by atoms with van der Waals surface area (Å²) in [4.78, 5) is 36.7. The van der Waals surface area contributed by atoms with Crippen molar-refractivity contribution in [2.24, 2.45) is 5.92 Å². The highest BCUT2D eigenvalue weighted by molar-refractivity contribution is 6.47. The van der Waals surface area contributed by atoms with Gasteiger partial charge in [0.1, 0.15) is 22.8 Å². The second-order valence-electron chi connectivity index (χ2n) is 5.65. The lowest BCUT2D eigenvalue weighted by Crippen LogP contribution is -2.44. The molecule has 126 valence electrons. The van der Waals surface area contributed by atoms with E-state index >= 15 is 0 Å². The van der Waals surface area contributed by atoms with E-state index in [9.17, 15) is 19.5 Å². The Labute approximate surface area is 137 Å². The summed E-state index contributed by atoms with van der Waals surface area (Å²) >= 11 is 0. The highest BCUT2D eigenvalue weighted by Crippen LogP contribution is 2.39. The van der Waals surface area contributed by atoms with E-state index in [2.05, 4.69) is 0 Å². The molecular formula is C17H16O7. The Kier molecular flexibility index (Phi) is 4.01. The Balaban J connectivity index is 1.95.